The Morgan fingerprint density at radius 1 is 1.32 bits per heavy atom. The Morgan fingerprint density at radius 3 is 2.68 bits per heavy atom. The lowest BCUT2D eigenvalue weighted by atomic mass is 9.46. The molecule has 0 radical (unpaired) electrons. The van der Waals surface area contributed by atoms with Crippen LogP contribution < -0.4 is 5.32 Å². The predicted molar refractivity (Wildman–Crippen MR) is 94.0 cm³/mol. The monoisotopic (exact) mass is 301 g/mol. The molecule has 7 unspecified atom stereocenters. The van der Waals surface area contributed by atoms with E-state index >= 15 is 0 Å². The average molecular weight is 302 g/mol. The second-order valence-electron chi connectivity index (χ2n) is 8.78. The van der Waals surface area contributed by atoms with Crippen molar-refractivity contribution in [2.75, 3.05) is 0 Å². The topological polar surface area (TPSA) is 16.6 Å². The van der Waals surface area contributed by atoms with Crippen LogP contribution in [0.5, 0.6) is 0 Å². The van der Waals surface area contributed by atoms with Gasteiger partial charge in [0.15, 0.2) is 0 Å². The van der Waals surface area contributed by atoms with Crippen LogP contribution in [0.25, 0.3) is 0 Å². The first kappa shape index (κ1) is 16.3. The lowest BCUT2D eigenvalue weighted by molar-refractivity contribution is -0.701. The Balaban J connectivity index is 2.09. The van der Waals surface area contributed by atoms with Gasteiger partial charge in [-0.25, -0.2) is 0 Å². The van der Waals surface area contributed by atoms with Gasteiger partial charge in [-0.2, -0.15) is 7.05 Å². The fraction of sp³-hybridized carbons (Fsp3) is 0.762. The normalized spacial score (nSPS) is 47.5. The minimum atomic E-state index is 0.357. The van der Waals surface area contributed by atoms with Gasteiger partial charge in [-0.15, -0.1) is 0 Å². The van der Waals surface area contributed by atoms with Crippen molar-refractivity contribution in [1.29, 1.82) is 0 Å². The van der Waals surface area contributed by atoms with E-state index in [1.54, 1.807) is 5.57 Å². The lowest BCUT2D eigenvalue weighted by Gasteiger charge is -2.61. The molecule has 1 heteroatoms. The van der Waals surface area contributed by atoms with E-state index in [1.807, 2.05) is 0 Å². The number of rotatable bonds is 2. The molecule has 124 valence electrons. The highest BCUT2D eigenvalue weighted by Crippen LogP contribution is 2.58. The molecule has 22 heavy (non-hydrogen) atoms. The van der Waals surface area contributed by atoms with E-state index in [1.165, 1.54) is 31.3 Å². The quantitative estimate of drug-likeness (QED) is 0.577. The first-order valence-electron chi connectivity index (χ1n) is 9.36. The van der Waals surface area contributed by atoms with E-state index in [0.29, 0.717) is 5.54 Å². The molecule has 3 aliphatic rings. The highest BCUT2D eigenvalue weighted by molar-refractivity contribution is 5.24. The van der Waals surface area contributed by atoms with Crippen molar-refractivity contribution in [3.8, 4) is 0 Å². The fourth-order valence-electron chi connectivity index (χ4n) is 6.33. The Labute approximate surface area is 137 Å². The van der Waals surface area contributed by atoms with Crippen LogP contribution in [-0.4, -0.2) is 5.54 Å². The SMILES string of the molecule is [CH2-][NH2+]C12CC=C(C)C3C(C=C(C)C)CC(C)C(CCC1C)C32. The number of hydrogen-bond acceptors (Lipinski definition) is 0. The summed E-state index contributed by atoms with van der Waals surface area (Å²) in [4.78, 5) is 0. The number of allylic oxidation sites excluding steroid dienone is 3. The van der Waals surface area contributed by atoms with Gasteiger partial charge in [-0.05, 0) is 63.7 Å². The van der Waals surface area contributed by atoms with Crippen molar-refractivity contribution in [2.45, 2.75) is 65.8 Å². The minimum absolute atomic E-state index is 0.357. The fourth-order valence-corrected chi connectivity index (χ4v) is 6.33. The zero-order valence-electron chi connectivity index (χ0n) is 15.2. The molecular formula is C21H35N. The summed E-state index contributed by atoms with van der Waals surface area (Å²) in [5.41, 5.74) is 3.51. The van der Waals surface area contributed by atoms with Gasteiger partial charge in [0.25, 0.3) is 0 Å². The molecule has 1 nitrogen and oxygen atoms in total. The Bertz CT molecular complexity index is 484. The Morgan fingerprint density at radius 2 is 2.05 bits per heavy atom. The Kier molecular flexibility index (Phi) is 4.31. The van der Waals surface area contributed by atoms with Crippen molar-refractivity contribution in [2.24, 2.45) is 35.5 Å². The maximum Gasteiger partial charge on any atom is 0.0821 e. The van der Waals surface area contributed by atoms with Crippen LogP contribution in [0.2, 0.25) is 0 Å². The van der Waals surface area contributed by atoms with E-state index in [0.717, 1.165) is 35.5 Å². The second kappa shape index (κ2) is 5.82. The smallest absolute Gasteiger partial charge is 0.0821 e. The van der Waals surface area contributed by atoms with E-state index < -0.39 is 0 Å². The summed E-state index contributed by atoms with van der Waals surface area (Å²) < 4.78 is 0. The molecule has 0 saturated heterocycles. The molecule has 0 bridgehead atoms. The molecule has 0 aromatic carbocycles. The summed E-state index contributed by atoms with van der Waals surface area (Å²) in [6, 6.07) is 0. The van der Waals surface area contributed by atoms with E-state index in [2.05, 4.69) is 59.1 Å². The molecule has 0 heterocycles. The van der Waals surface area contributed by atoms with Crippen molar-refractivity contribution in [1.82, 2.24) is 0 Å². The molecule has 0 aromatic heterocycles. The highest BCUT2D eigenvalue weighted by atomic mass is 15.0. The van der Waals surface area contributed by atoms with Gasteiger partial charge >= 0.3 is 0 Å². The molecule has 2 saturated carbocycles. The lowest BCUT2D eigenvalue weighted by Crippen LogP contribution is -2.97. The first-order valence-corrected chi connectivity index (χ1v) is 9.36. The average Bonchev–Trinajstić information content (AvgIpc) is 2.46. The van der Waals surface area contributed by atoms with Crippen molar-refractivity contribution in [3.63, 3.8) is 0 Å². The zero-order valence-corrected chi connectivity index (χ0v) is 15.2. The van der Waals surface area contributed by atoms with Crippen molar-refractivity contribution in [3.05, 3.63) is 30.3 Å². The maximum atomic E-state index is 4.33. The van der Waals surface area contributed by atoms with E-state index in [9.17, 15) is 0 Å². The summed E-state index contributed by atoms with van der Waals surface area (Å²) in [6.07, 6.45) is 10.6. The summed E-state index contributed by atoms with van der Waals surface area (Å²) in [6.45, 7) is 11.9. The van der Waals surface area contributed by atoms with Crippen LogP contribution in [-0.2, 0) is 0 Å². The second-order valence-corrected chi connectivity index (χ2v) is 8.78. The zero-order chi connectivity index (χ0) is 16.1. The van der Waals surface area contributed by atoms with Crippen LogP contribution in [0.3, 0.4) is 0 Å². The molecule has 3 aliphatic carbocycles. The standard InChI is InChI=1S/C21H35N/c1-13(2)11-17-12-15(4)18-8-7-16(5)21(22-6)10-9-14(3)19(17)20(18)21/h9,11,15-20H,6-8,10,12,22H2,1-5H3. The van der Waals surface area contributed by atoms with E-state index in [4.69, 9.17) is 0 Å². The van der Waals surface area contributed by atoms with Gasteiger partial charge in [-0.1, -0.05) is 37.1 Å². The van der Waals surface area contributed by atoms with Gasteiger partial charge in [-0.3, -0.25) is 0 Å². The highest BCUT2D eigenvalue weighted by Gasteiger charge is 2.59. The summed E-state index contributed by atoms with van der Waals surface area (Å²) in [5.74, 6) is 4.87. The number of nitrogens with two attached hydrogens (primary N) is 1. The van der Waals surface area contributed by atoms with Crippen LogP contribution >= 0.6 is 0 Å². The summed E-state index contributed by atoms with van der Waals surface area (Å²) in [7, 11) is 4.33. The molecule has 0 aromatic rings. The summed E-state index contributed by atoms with van der Waals surface area (Å²) >= 11 is 0. The molecule has 3 rings (SSSR count). The van der Waals surface area contributed by atoms with Crippen LogP contribution in [0.15, 0.2) is 23.3 Å². The third-order valence-electron chi connectivity index (χ3n) is 7.39. The molecule has 2 fully saturated rings. The van der Waals surface area contributed by atoms with Gasteiger partial charge in [0.05, 0.1) is 5.54 Å². The minimum Gasteiger partial charge on any atom is -0.473 e. The van der Waals surface area contributed by atoms with E-state index in [-0.39, 0.29) is 0 Å². The van der Waals surface area contributed by atoms with Crippen LogP contribution in [0.4, 0.5) is 0 Å². The third-order valence-corrected chi connectivity index (χ3v) is 7.39. The van der Waals surface area contributed by atoms with Gasteiger partial charge in [0.2, 0.25) is 0 Å². The number of hydrogen-bond donors (Lipinski definition) is 1. The van der Waals surface area contributed by atoms with Gasteiger partial charge < -0.3 is 5.32 Å². The molecule has 7 atom stereocenters. The Hall–Kier alpha value is -0.560. The van der Waals surface area contributed by atoms with Crippen molar-refractivity contribution >= 4 is 0 Å². The largest absolute Gasteiger partial charge is 0.473 e. The molecule has 0 amide bonds. The third kappa shape index (κ3) is 2.31. The van der Waals surface area contributed by atoms with Crippen LogP contribution in [0.1, 0.15) is 60.3 Å². The van der Waals surface area contributed by atoms with Gasteiger partial charge in [0.1, 0.15) is 0 Å². The van der Waals surface area contributed by atoms with Crippen molar-refractivity contribution < 1.29 is 5.32 Å². The van der Waals surface area contributed by atoms with Gasteiger partial charge in [0, 0.05) is 18.3 Å². The predicted octanol–water partition coefficient (Wildman–Crippen LogP) is 4.33. The molecule has 0 aliphatic heterocycles. The molecule has 0 spiro atoms. The molecular weight excluding hydrogens is 266 g/mol. The molecule has 2 N–H and O–H groups in total. The summed E-state index contributed by atoms with van der Waals surface area (Å²) in [5, 5.41) is 2.36. The first-order chi connectivity index (χ1) is 10.4. The maximum absolute atomic E-state index is 4.33. The van der Waals surface area contributed by atoms with Crippen LogP contribution in [0, 0.1) is 42.6 Å². The number of quaternary nitrogens is 1.